The Bertz CT molecular complexity index is 1340. The predicted octanol–water partition coefficient (Wildman–Crippen LogP) is 4.38. The van der Waals surface area contributed by atoms with Gasteiger partial charge in [-0.2, -0.15) is 0 Å². The molecule has 29 heavy (non-hydrogen) atoms. The number of pyridine rings is 1. The fourth-order valence-corrected chi connectivity index (χ4v) is 3.64. The molecule has 0 fully saturated rings. The van der Waals surface area contributed by atoms with Crippen LogP contribution in [0, 0.1) is 0 Å². The number of anilines is 2. The van der Waals surface area contributed by atoms with Crippen molar-refractivity contribution in [2.24, 2.45) is 7.05 Å². The molecule has 0 saturated carbocycles. The Balaban J connectivity index is 1.58. The molecule has 0 spiro atoms. The van der Waals surface area contributed by atoms with Crippen molar-refractivity contribution in [2.75, 3.05) is 11.1 Å². The summed E-state index contributed by atoms with van der Waals surface area (Å²) in [5.74, 6) is 0. The minimum atomic E-state index is 0.625. The number of nitrogens with one attached hydrogen (secondary N) is 1. The lowest BCUT2D eigenvalue weighted by Gasteiger charge is -2.12. The Hall–Kier alpha value is -3.93. The van der Waals surface area contributed by atoms with Crippen molar-refractivity contribution in [3.05, 3.63) is 79.0 Å². The third kappa shape index (κ3) is 3.25. The quantitative estimate of drug-likeness (QED) is 0.484. The molecule has 0 atom stereocenters. The van der Waals surface area contributed by atoms with Crippen LogP contribution in [-0.2, 0) is 13.6 Å². The lowest BCUT2D eigenvalue weighted by Crippen LogP contribution is -2.02. The molecule has 5 rings (SSSR count). The summed E-state index contributed by atoms with van der Waals surface area (Å²) in [6.07, 6.45) is 8.99. The molecule has 0 aliphatic carbocycles. The molecule has 3 aromatic heterocycles. The molecule has 142 valence electrons. The summed E-state index contributed by atoms with van der Waals surface area (Å²) in [7, 11) is 2.06. The first kappa shape index (κ1) is 17.2. The van der Waals surface area contributed by atoms with E-state index in [0.29, 0.717) is 12.2 Å². The highest BCUT2D eigenvalue weighted by molar-refractivity contribution is 5.97. The minimum Gasteiger partial charge on any atom is -0.397 e. The van der Waals surface area contributed by atoms with Gasteiger partial charge in [-0.25, -0.2) is 0 Å². The SMILES string of the molecule is Cn1ccc2ccc(-c3cc(NCc4cncc(N)c4)cc4nccnc34)cc21. The third-order valence-corrected chi connectivity index (χ3v) is 5.09. The molecule has 0 radical (unpaired) electrons. The van der Waals surface area contributed by atoms with Crippen LogP contribution in [0.1, 0.15) is 5.56 Å². The third-order valence-electron chi connectivity index (χ3n) is 5.09. The van der Waals surface area contributed by atoms with Crippen LogP contribution in [0.5, 0.6) is 0 Å². The Morgan fingerprint density at radius 3 is 2.79 bits per heavy atom. The highest BCUT2D eigenvalue weighted by atomic mass is 14.9. The van der Waals surface area contributed by atoms with Gasteiger partial charge in [0, 0.05) is 61.3 Å². The second kappa shape index (κ2) is 6.91. The Morgan fingerprint density at radius 2 is 1.90 bits per heavy atom. The highest BCUT2D eigenvalue weighted by Gasteiger charge is 2.10. The maximum atomic E-state index is 5.84. The molecule has 0 saturated heterocycles. The smallest absolute Gasteiger partial charge is 0.0966 e. The number of nitrogens with two attached hydrogens (primary N) is 1. The molecule has 0 aliphatic heterocycles. The number of fused-ring (bicyclic) bond motifs is 2. The van der Waals surface area contributed by atoms with Gasteiger partial charge in [0.1, 0.15) is 0 Å². The van der Waals surface area contributed by atoms with Crippen LogP contribution in [0.15, 0.2) is 73.4 Å². The van der Waals surface area contributed by atoms with Crippen molar-refractivity contribution in [2.45, 2.75) is 6.54 Å². The van der Waals surface area contributed by atoms with Gasteiger partial charge in [0.05, 0.1) is 16.7 Å². The fourth-order valence-electron chi connectivity index (χ4n) is 3.64. The molecule has 6 heteroatoms. The lowest BCUT2D eigenvalue weighted by atomic mass is 10.0. The van der Waals surface area contributed by atoms with E-state index < -0.39 is 0 Å². The maximum Gasteiger partial charge on any atom is 0.0966 e. The number of hydrogen-bond donors (Lipinski definition) is 2. The first-order valence-electron chi connectivity index (χ1n) is 9.41. The zero-order valence-corrected chi connectivity index (χ0v) is 16.0. The van der Waals surface area contributed by atoms with Gasteiger partial charge in [0.2, 0.25) is 0 Å². The number of benzene rings is 2. The standard InChI is InChI=1S/C23H20N6/c1-29-7-4-16-2-3-17(9-22(16)29)20-10-19(11-21-23(20)27-6-5-26-21)28-13-15-8-18(24)14-25-12-15/h2-12,14,28H,13,24H2,1H3. The summed E-state index contributed by atoms with van der Waals surface area (Å²) in [4.78, 5) is 13.3. The zero-order valence-electron chi connectivity index (χ0n) is 16.0. The number of rotatable bonds is 4. The first-order chi connectivity index (χ1) is 14.2. The molecule has 0 bridgehead atoms. The van der Waals surface area contributed by atoms with Gasteiger partial charge in [-0.15, -0.1) is 0 Å². The molecule has 5 aromatic rings. The van der Waals surface area contributed by atoms with Crippen LogP contribution in [0.2, 0.25) is 0 Å². The number of aryl methyl sites for hydroxylation is 1. The molecule has 6 nitrogen and oxygen atoms in total. The Morgan fingerprint density at radius 1 is 1.00 bits per heavy atom. The van der Waals surface area contributed by atoms with Crippen LogP contribution in [0.25, 0.3) is 33.1 Å². The van der Waals surface area contributed by atoms with Crippen molar-refractivity contribution in [3.63, 3.8) is 0 Å². The van der Waals surface area contributed by atoms with Gasteiger partial charge in [-0.05, 0) is 46.8 Å². The van der Waals surface area contributed by atoms with E-state index >= 15 is 0 Å². The monoisotopic (exact) mass is 380 g/mol. The van der Waals surface area contributed by atoms with Crippen LogP contribution in [-0.4, -0.2) is 19.5 Å². The topological polar surface area (TPSA) is 81.7 Å². The van der Waals surface area contributed by atoms with Gasteiger partial charge in [-0.3, -0.25) is 15.0 Å². The molecular weight excluding hydrogens is 360 g/mol. The molecule has 3 N–H and O–H groups in total. The summed E-state index contributed by atoms with van der Waals surface area (Å²) in [6.45, 7) is 0.625. The molecular formula is C23H20N6. The van der Waals surface area contributed by atoms with E-state index in [2.05, 4.69) is 68.4 Å². The Kier molecular flexibility index (Phi) is 4.09. The van der Waals surface area contributed by atoms with E-state index in [4.69, 9.17) is 5.73 Å². The van der Waals surface area contributed by atoms with Crippen molar-refractivity contribution in [1.82, 2.24) is 19.5 Å². The van der Waals surface area contributed by atoms with Crippen LogP contribution in [0.3, 0.4) is 0 Å². The number of hydrogen-bond acceptors (Lipinski definition) is 5. The Labute approximate surface area is 168 Å². The molecule has 0 amide bonds. The van der Waals surface area contributed by atoms with E-state index in [0.717, 1.165) is 33.4 Å². The summed E-state index contributed by atoms with van der Waals surface area (Å²) < 4.78 is 2.13. The number of nitrogen functional groups attached to an aromatic ring is 1. The normalized spacial score (nSPS) is 11.2. The van der Waals surface area contributed by atoms with Crippen molar-refractivity contribution < 1.29 is 0 Å². The van der Waals surface area contributed by atoms with E-state index in [1.54, 1.807) is 18.6 Å². The summed E-state index contributed by atoms with van der Waals surface area (Å²) in [5, 5.41) is 4.68. The number of aromatic nitrogens is 4. The van der Waals surface area contributed by atoms with Gasteiger partial charge in [-0.1, -0.05) is 12.1 Å². The summed E-state index contributed by atoms with van der Waals surface area (Å²) >= 11 is 0. The van der Waals surface area contributed by atoms with E-state index in [1.165, 1.54) is 10.9 Å². The van der Waals surface area contributed by atoms with Crippen molar-refractivity contribution in [3.8, 4) is 11.1 Å². The minimum absolute atomic E-state index is 0.625. The second-order valence-electron chi connectivity index (χ2n) is 7.13. The lowest BCUT2D eigenvalue weighted by molar-refractivity contribution is 0.969. The van der Waals surface area contributed by atoms with Crippen LogP contribution in [0.4, 0.5) is 11.4 Å². The average molecular weight is 380 g/mol. The van der Waals surface area contributed by atoms with Crippen LogP contribution >= 0.6 is 0 Å². The average Bonchev–Trinajstić information content (AvgIpc) is 3.12. The molecule has 0 aliphatic rings. The highest BCUT2D eigenvalue weighted by Crippen LogP contribution is 2.32. The molecule has 0 unspecified atom stereocenters. The molecule has 3 heterocycles. The molecule has 2 aromatic carbocycles. The van der Waals surface area contributed by atoms with Gasteiger partial charge in [0.15, 0.2) is 0 Å². The van der Waals surface area contributed by atoms with Crippen LogP contribution < -0.4 is 11.1 Å². The van der Waals surface area contributed by atoms with Gasteiger partial charge in [0.25, 0.3) is 0 Å². The summed E-state index contributed by atoms with van der Waals surface area (Å²) in [6, 6.07) is 14.7. The largest absolute Gasteiger partial charge is 0.397 e. The predicted molar refractivity (Wildman–Crippen MR) is 117 cm³/mol. The maximum absolute atomic E-state index is 5.84. The fraction of sp³-hybridized carbons (Fsp3) is 0.0870. The van der Waals surface area contributed by atoms with Gasteiger partial charge >= 0.3 is 0 Å². The summed E-state index contributed by atoms with van der Waals surface area (Å²) in [5.41, 5.74) is 13.6. The number of nitrogens with zero attached hydrogens (tertiary/aromatic N) is 4. The second-order valence-corrected chi connectivity index (χ2v) is 7.13. The van der Waals surface area contributed by atoms with Crippen molar-refractivity contribution in [1.29, 1.82) is 0 Å². The zero-order chi connectivity index (χ0) is 19.8. The first-order valence-corrected chi connectivity index (χ1v) is 9.41. The van der Waals surface area contributed by atoms with Crippen molar-refractivity contribution >= 4 is 33.3 Å². The van der Waals surface area contributed by atoms with E-state index in [9.17, 15) is 0 Å². The van der Waals surface area contributed by atoms with Gasteiger partial charge < -0.3 is 15.6 Å². The van der Waals surface area contributed by atoms with E-state index in [-0.39, 0.29) is 0 Å². The van der Waals surface area contributed by atoms with E-state index in [1.807, 2.05) is 18.3 Å².